The van der Waals surface area contributed by atoms with Crippen molar-refractivity contribution in [2.24, 2.45) is 0 Å². The highest BCUT2D eigenvalue weighted by atomic mass is 35.5. The zero-order valence-electron chi connectivity index (χ0n) is 22.9. The Hall–Kier alpha value is -3.36. The summed E-state index contributed by atoms with van der Waals surface area (Å²) in [5, 5.41) is 3.44. The third-order valence-corrected chi connectivity index (χ3v) is 8.41. The lowest BCUT2D eigenvalue weighted by molar-refractivity contribution is -0.139. The third-order valence-electron chi connectivity index (χ3n) is 6.37. The number of carbonyl (C=O) groups is 2. The van der Waals surface area contributed by atoms with Gasteiger partial charge in [0.15, 0.2) is 0 Å². The van der Waals surface area contributed by atoms with Crippen LogP contribution in [0.15, 0.2) is 77.7 Å². The van der Waals surface area contributed by atoms with Crippen LogP contribution in [0.25, 0.3) is 0 Å². The number of hydrogen-bond acceptors (Lipinski definition) is 4. The number of anilines is 1. The lowest BCUT2D eigenvalue weighted by atomic mass is 10.1. The van der Waals surface area contributed by atoms with Crippen LogP contribution in [-0.4, -0.2) is 44.3 Å². The van der Waals surface area contributed by atoms with Crippen molar-refractivity contribution < 1.29 is 18.0 Å². The van der Waals surface area contributed by atoms with Gasteiger partial charge in [0.1, 0.15) is 12.6 Å². The van der Waals surface area contributed by atoms with Crippen LogP contribution >= 0.6 is 11.6 Å². The Morgan fingerprint density at radius 2 is 1.56 bits per heavy atom. The lowest BCUT2D eigenvalue weighted by Crippen LogP contribution is -2.51. The van der Waals surface area contributed by atoms with E-state index < -0.39 is 28.5 Å². The molecule has 9 heteroatoms. The van der Waals surface area contributed by atoms with Crippen LogP contribution in [0.4, 0.5) is 5.69 Å². The number of carbonyl (C=O) groups excluding carboxylic acids is 2. The predicted molar refractivity (Wildman–Crippen MR) is 156 cm³/mol. The first-order valence-electron chi connectivity index (χ1n) is 13.0. The van der Waals surface area contributed by atoms with E-state index in [4.69, 9.17) is 11.6 Å². The fraction of sp³-hybridized carbons (Fsp3) is 0.333. The molecule has 0 radical (unpaired) electrons. The number of halogens is 1. The molecule has 0 heterocycles. The standard InChI is InChI=1S/C30H36ClN3O4S/c1-5-6-16-32-30(36)24(4)33(20-25-12-14-26(31)15-13-25)29(35)21-34(27-18-22(2)17-23(3)19-27)39(37,38)28-10-8-7-9-11-28/h7-15,17-19,24H,5-6,16,20-21H2,1-4H3,(H,32,36). The van der Waals surface area contributed by atoms with Gasteiger partial charge >= 0.3 is 0 Å². The Balaban J connectivity index is 2.01. The van der Waals surface area contributed by atoms with Crippen molar-refractivity contribution >= 4 is 39.1 Å². The molecule has 0 saturated heterocycles. The highest BCUT2D eigenvalue weighted by Crippen LogP contribution is 2.26. The van der Waals surface area contributed by atoms with Gasteiger partial charge in [0.25, 0.3) is 10.0 Å². The lowest BCUT2D eigenvalue weighted by Gasteiger charge is -2.32. The SMILES string of the molecule is CCCCNC(=O)C(C)N(Cc1ccc(Cl)cc1)C(=O)CN(c1cc(C)cc(C)c1)S(=O)(=O)c1ccccc1. The molecule has 39 heavy (non-hydrogen) atoms. The van der Waals surface area contributed by atoms with Crippen LogP contribution in [0.1, 0.15) is 43.4 Å². The van der Waals surface area contributed by atoms with Gasteiger partial charge in [-0.25, -0.2) is 8.42 Å². The number of benzene rings is 3. The minimum absolute atomic E-state index is 0.0755. The molecule has 0 saturated carbocycles. The average Bonchev–Trinajstić information content (AvgIpc) is 2.90. The van der Waals surface area contributed by atoms with Gasteiger partial charge in [-0.05, 0) is 80.3 Å². The quantitative estimate of drug-likeness (QED) is 0.292. The van der Waals surface area contributed by atoms with E-state index in [2.05, 4.69) is 5.32 Å². The van der Waals surface area contributed by atoms with E-state index in [1.807, 2.05) is 26.8 Å². The van der Waals surface area contributed by atoms with E-state index in [0.29, 0.717) is 17.3 Å². The summed E-state index contributed by atoms with van der Waals surface area (Å²) in [7, 11) is -4.09. The van der Waals surface area contributed by atoms with Crippen LogP contribution in [0.5, 0.6) is 0 Å². The topological polar surface area (TPSA) is 86.8 Å². The molecule has 0 aliphatic rings. The molecule has 3 rings (SSSR count). The molecule has 0 aliphatic heterocycles. The van der Waals surface area contributed by atoms with Crippen LogP contribution < -0.4 is 9.62 Å². The molecule has 0 spiro atoms. The molecule has 0 aromatic heterocycles. The first kappa shape index (κ1) is 30.2. The molecule has 3 aromatic rings. The van der Waals surface area contributed by atoms with Gasteiger partial charge in [-0.2, -0.15) is 0 Å². The highest BCUT2D eigenvalue weighted by molar-refractivity contribution is 7.92. The van der Waals surface area contributed by atoms with Gasteiger partial charge in [-0.15, -0.1) is 0 Å². The number of nitrogens with zero attached hydrogens (tertiary/aromatic N) is 2. The Morgan fingerprint density at radius 3 is 2.15 bits per heavy atom. The van der Waals surface area contributed by atoms with Crippen LogP contribution in [-0.2, 0) is 26.2 Å². The summed E-state index contributed by atoms with van der Waals surface area (Å²) in [6.07, 6.45) is 1.74. The van der Waals surface area contributed by atoms with Gasteiger partial charge in [-0.1, -0.05) is 61.3 Å². The zero-order chi connectivity index (χ0) is 28.6. The molecular weight excluding hydrogens is 534 g/mol. The molecule has 0 aliphatic carbocycles. The number of rotatable bonds is 12. The molecule has 0 bridgehead atoms. The van der Waals surface area contributed by atoms with Gasteiger partial charge in [0, 0.05) is 18.1 Å². The fourth-order valence-corrected chi connectivity index (χ4v) is 5.79. The minimum atomic E-state index is -4.09. The van der Waals surface area contributed by atoms with E-state index in [9.17, 15) is 18.0 Å². The molecule has 1 unspecified atom stereocenters. The van der Waals surface area contributed by atoms with Gasteiger partial charge in [0.05, 0.1) is 10.6 Å². The average molecular weight is 570 g/mol. The van der Waals surface area contributed by atoms with Crippen LogP contribution in [0.3, 0.4) is 0 Å². The Morgan fingerprint density at radius 1 is 0.949 bits per heavy atom. The van der Waals surface area contributed by atoms with E-state index in [0.717, 1.165) is 33.8 Å². The van der Waals surface area contributed by atoms with Crippen molar-refractivity contribution in [2.45, 2.75) is 58.0 Å². The molecule has 1 atom stereocenters. The summed E-state index contributed by atoms with van der Waals surface area (Å²) in [5.74, 6) is -0.795. The van der Waals surface area contributed by atoms with Gasteiger partial charge < -0.3 is 10.2 Å². The maximum Gasteiger partial charge on any atom is 0.264 e. The van der Waals surface area contributed by atoms with Crippen LogP contribution in [0.2, 0.25) is 5.02 Å². The molecule has 1 N–H and O–H groups in total. The first-order valence-corrected chi connectivity index (χ1v) is 14.8. The van der Waals surface area contributed by atoms with E-state index >= 15 is 0 Å². The van der Waals surface area contributed by atoms with E-state index in [1.54, 1.807) is 61.5 Å². The second-order valence-corrected chi connectivity index (χ2v) is 11.9. The van der Waals surface area contributed by atoms with Crippen molar-refractivity contribution in [1.82, 2.24) is 10.2 Å². The van der Waals surface area contributed by atoms with Crippen molar-refractivity contribution in [1.29, 1.82) is 0 Å². The summed E-state index contributed by atoms with van der Waals surface area (Å²) in [4.78, 5) is 28.4. The Bertz CT molecular complexity index is 1360. The maximum absolute atomic E-state index is 13.9. The minimum Gasteiger partial charge on any atom is -0.354 e. The summed E-state index contributed by atoms with van der Waals surface area (Å²) in [6, 6.07) is 19.6. The number of aryl methyl sites for hydroxylation is 2. The summed E-state index contributed by atoms with van der Waals surface area (Å²) in [6.45, 7) is 7.58. The second-order valence-electron chi connectivity index (χ2n) is 9.64. The second kappa shape index (κ2) is 13.6. The van der Waals surface area contributed by atoms with Crippen molar-refractivity contribution in [3.8, 4) is 0 Å². The van der Waals surface area contributed by atoms with E-state index in [-0.39, 0.29) is 17.3 Å². The van der Waals surface area contributed by atoms with Gasteiger partial charge in [0.2, 0.25) is 11.8 Å². The third kappa shape index (κ3) is 8.07. The Labute approximate surface area is 236 Å². The first-order chi connectivity index (χ1) is 18.5. The molecule has 0 fully saturated rings. The van der Waals surface area contributed by atoms with Gasteiger partial charge in [-0.3, -0.25) is 13.9 Å². The summed E-state index contributed by atoms with van der Waals surface area (Å²) in [5.41, 5.74) is 2.89. The molecule has 208 valence electrons. The van der Waals surface area contributed by atoms with E-state index in [1.165, 1.54) is 17.0 Å². The number of sulfonamides is 1. The van der Waals surface area contributed by atoms with Crippen molar-refractivity contribution in [2.75, 3.05) is 17.4 Å². The van der Waals surface area contributed by atoms with Crippen molar-refractivity contribution in [3.63, 3.8) is 0 Å². The predicted octanol–water partition coefficient (Wildman–Crippen LogP) is 5.49. The largest absolute Gasteiger partial charge is 0.354 e. The number of nitrogens with one attached hydrogen (secondary N) is 1. The fourth-order valence-electron chi connectivity index (χ4n) is 4.25. The smallest absolute Gasteiger partial charge is 0.264 e. The molecule has 3 aromatic carbocycles. The summed E-state index contributed by atoms with van der Waals surface area (Å²) < 4.78 is 28.8. The normalized spacial score (nSPS) is 12.0. The zero-order valence-corrected chi connectivity index (χ0v) is 24.4. The molecule has 7 nitrogen and oxygen atoms in total. The number of amides is 2. The van der Waals surface area contributed by atoms with Crippen molar-refractivity contribution in [3.05, 3.63) is 94.5 Å². The number of unbranched alkanes of at least 4 members (excludes halogenated alkanes) is 1. The van der Waals surface area contributed by atoms with Crippen LogP contribution in [0, 0.1) is 13.8 Å². The number of hydrogen-bond donors (Lipinski definition) is 1. The monoisotopic (exact) mass is 569 g/mol. The summed E-state index contributed by atoms with van der Waals surface area (Å²) >= 11 is 6.05. The molecular formula is C30H36ClN3O4S. The Kier molecular flexibility index (Phi) is 10.5. The molecule has 2 amide bonds. The highest BCUT2D eigenvalue weighted by Gasteiger charge is 2.32. The maximum atomic E-state index is 13.9.